The van der Waals surface area contributed by atoms with Gasteiger partial charge >= 0.3 is 0 Å². The summed E-state index contributed by atoms with van der Waals surface area (Å²) in [4.78, 5) is 0. The zero-order valence-corrected chi connectivity index (χ0v) is 11.8. The third-order valence-corrected chi connectivity index (χ3v) is 3.11. The maximum Gasteiger partial charge on any atom is 0.118 e. The van der Waals surface area contributed by atoms with Crippen LogP contribution in [0.2, 0.25) is 0 Å². The molecule has 2 N–H and O–H groups in total. The number of hydrogen-bond donors (Lipinski definition) is 2. The van der Waals surface area contributed by atoms with Crippen molar-refractivity contribution in [3.63, 3.8) is 0 Å². The van der Waals surface area contributed by atoms with E-state index < -0.39 is 0 Å². The van der Waals surface area contributed by atoms with Crippen LogP contribution in [0.15, 0.2) is 24.3 Å². The Labute approximate surface area is 110 Å². The van der Waals surface area contributed by atoms with Crippen molar-refractivity contribution in [1.29, 1.82) is 0 Å². The van der Waals surface area contributed by atoms with Gasteiger partial charge in [0.05, 0.1) is 13.2 Å². The number of aliphatic hydroxyl groups is 1. The van der Waals surface area contributed by atoms with E-state index in [9.17, 15) is 5.11 Å². The van der Waals surface area contributed by atoms with Crippen LogP contribution >= 0.6 is 0 Å². The van der Waals surface area contributed by atoms with Gasteiger partial charge in [0.1, 0.15) is 5.75 Å². The van der Waals surface area contributed by atoms with E-state index in [4.69, 9.17) is 4.74 Å². The summed E-state index contributed by atoms with van der Waals surface area (Å²) < 4.78 is 5.16. The first kappa shape index (κ1) is 15.0. The Bertz CT molecular complexity index is 335. The minimum Gasteiger partial charge on any atom is -0.497 e. The molecule has 102 valence electrons. The molecule has 0 aliphatic rings. The Morgan fingerprint density at radius 3 is 2.28 bits per heavy atom. The van der Waals surface area contributed by atoms with E-state index in [1.807, 2.05) is 19.1 Å². The molecule has 1 rings (SSSR count). The lowest BCUT2D eigenvalue weighted by atomic mass is 10.0. The molecule has 0 bridgehead atoms. The van der Waals surface area contributed by atoms with Crippen molar-refractivity contribution in [1.82, 2.24) is 5.32 Å². The summed E-state index contributed by atoms with van der Waals surface area (Å²) in [7, 11) is 1.68. The molecule has 0 heterocycles. The fraction of sp³-hybridized carbons (Fsp3) is 0.600. The molecule has 0 aromatic heterocycles. The summed E-state index contributed by atoms with van der Waals surface area (Å²) in [6.45, 7) is 6.10. The van der Waals surface area contributed by atoms with Crippen LogP contribution < -0.4 is 10.1 Å². The second-order valence-corrected chi connectivity index (χ2v) is 4.89. The highest BCUT2D eigenvalue weighted by molar-refractivity contribution is 5.29. The molecule has 18 heavy (non-hydrogen) atoms. The Morgan fingerprint density at radius 1 is 1.22 bits per heavy atom. The number of aliphatic hydroxyl groups excluding tert-OH is 1. The molecule has 0 spiro atoms. The van der Waals surface area contributed by atoms with Gasteiger partial charge in [0.25, 0.3) is 0 Å². The molecule has 0 saturated carbocycles. The monoisotopic (exact) mass is 251 g/mol. The molecule has 3 unspecified atom stereocenters. The third-order valence-electron chi connectivity index (χ3n) is 3.11. The highest BCUT2D eigenvalue weighted by Gasteiger charge is 2.13. The van der Waals surface area contributed by atoms with Crippen LogP contribution in [0, 0.1) is 0 Å². The van der Waals surface area contributed by atoms with Crippen molar-refractivity contribution in [2.24, 2.45) is 0 Å². The number of rotatable bonds is 7. The molecular formula is C15H25NO2. The van der Waals surface area contributed by atoms with Crippen molar-refractivity contribution in [3.8, 4) is 5.75 Å². The van der Waals surface area contributed by atoms with Crippen molar-refractivity contribution < 1.29 is 9.84 Å². The lowest BCUT2D eigenvalue weighted by Crippen LogP contribution is -2.32. The first-order valence-corrected chi connectivity index (χ1v) is 6.64. The SMILES string of the molecule is CCC(NC(C)CC(C)O)c1ccc(OC)cc1. The van der Waals surface area contributed by atoms with E-state index in [0.717, 1.165) is 18.6 Å². The zero-order chi connectivity index (χ0) is 13.5. The predicted octanol–water partition coefficient (Wildman–Crippen LogP) is 2.90. The van der Waals surface area contributed by atoms with E-state index in [1.165, 1.54) is 5.56 Å². The highest BCUT2D eigenvalue weighted by Crippen LogP contribution is 2.21. The number of ether oxygens (including phenoxy) is 1. The van der Waals surface area contributed by atoms with Gasteiger partial charge in [-0.1, -0.05) is 19.1 Å². The first-order chi connectivity index (χ1) is 8.56. The second-order valence-electron chi connectivity index (χ2n) is 4.89. The Morgan fingerprint density at radius 2 is 1.83 bits per heavy atom. The largest absolute Gasteiger partial charge is 0.497 e. The number of nitrogens with one attached hydrogen (secondary N) is 1. The molecule has 0 radical (unpaired) electrons. The van der Waals surface area contributed by atoms with E-state index >= 15 is 0 Å². The number of benzene rings is 1. The molecule has 0 aliphatic heterocycles. The van der Waals surface area contributed by atoms with Crippen LogP contribution in [0.5, 0.6) is 5.75 Å². The van der Waals surface area contributed by atoms with Gasteiger partial charge < -0.3 is 15.2 Å². The van der Waals surface area contributed by atoms with Crippen LogP contribution in [0.4, 0.5) is 0 Å². The van der Waals surface area contributed by atoms with Crippen LogP contribution in [0.3, 0.4) is 0 Å². The molecule has 1 aromatic rings. The first-order valence-electron chi connectivity index (χ1n) is 6.64. The fourth-order valence-corrected chi connectivity index (χ4v) is 2.21. The zero-order valence-electron chi connectivity index (χ0n) is 11.8. The third kappa shape index (κ3) is 4.67. The second kappa shape index (κ2) is 7.39. The van der Waals surface area contributed by atoms with Gasteiger partial charge in [-0.25, -0.2) is 0 Å². The summed E-state index contributed by atoms with van der Waals surface area (Å²) in [6, 6.07) is 8.78. The molecule has 0 saturated heterocycles. The maximum absolute atomic E-state index is 9.39. The average Bonchev–Trinajstić information content (AvgIpc) is 2.35. The Balaban J connectivity index is 2.64. The molecule has 1 aromatic carbocycles. The van der Waals surface area contributed by atoms with Crippen LogP contribution in [-0.4, -0.2) is 24.4 Å². The lowest BCUT2D eigenvalue weighted by molar-refractivity contribution is 0.167. The Kier molecular flexibility index (Phi) is 6.16. The number of hydrogen-bond acceptors (Lipinski definition) is 3. The van der Waals surface area contributed by atoms with Gasteiger partial charge in [-0.3, -0.25) is 0 Å². The van der Waals surface area contributed by atoms with Crippen molar-refractivity contribution >= 4 is 0 Å². The smallest absolute Gasteiger partial charge is 0.118 e. The van der Waals surface area contributed by atoms with Gasteiger partial charge in [0.15, 0.2) is 0 Å². The summed E-state index contributed by atoms with van der Waals surface area (Å²) in [5.41, 5.74) is 1.26. The van der Waals surface area contributed by atoms with Gasteiger partial charge in [0.2, 0.25) is 0 Å². The predicted molar refractivity (Wildman–Crippen MR) is 74.9 cm³/mol. The average molecular weight is 251 g/mol. The summed E-state index contributed by atoms with van der Waals surface area (Å²) >= 11 is 0. The summed E-state index contributed by atoms with van der Waals surface area (Å²) in [5, 5.41) is 12.9. The molecular weight excluding hydrogens is 226 g/mol. The summed E-state index contributed by atoms with van der Waals surface area (Å²) in [6.07, 6.45) is 1.53. The molecule has 0 fully saturated rings. The van der Waals surface area contributed by atoms with Crippen LogP contribution in [-0.2, 0) is 0 Å². The van der Waals surface area contributed by atoms with Crippen LogP contribution in [0.1, 0.15) is 45.2 Å². The van der Waals surface area contributed by atoms with Gasteiger partial charge in [-0.15, -0.1) is 0 Å². The van der Waals surface area contributed by atoms with E-state index in [-0.39, 0.29) is 6.10 Å². The fourth-order valence-electron chi connectivity index (χ4n) is 2.21. The molecule has 0 amide bonds. The molecule has 3 nitrogen and oxygen atoms in total. The van der Waals surface area contributed by atoms with E-state index in [0.29, 0.717) is 12.1 Å². The van der Waals surface area contributed by atoms with Crippen molar-refractivity contribution in [2.45, 2.75) is 51.8 Å². The van der Waals surface area contributed by atoms with Crippen LogP contribution in [0.25, 0.3) is 0 Å². The summed E-state index contributed by atoms with van der Waals surface area (Å²) in [5.74, 6) is 0.880. The van der Waals surface area contributed by atoms with E-state index in [1.54, 1.807) is 7.11 Å². The topological polar surface area (TPSA) is 41.5 Å². The molecule has 3 atom stereocenters. The highest BCUT2D eigenvalue weighted by atomic mass is 16.5. The Hall–Kier alpha value is -1.06. The molecule has 3 heteroatoms. The number of methoxy groups -OCH3 is 1. The van der Waals surface area contributed by atoms with Gasteiger partial charge in [-0.05, 0) is 44.4 Å². The molecule has 0 aliphatic carbocycles. The quantitative estimate of drug-likeness (QED) is 0.783. The minimum absolute atomic E-state index is 0.263. The van der Waals surface area contributed by atoms with E-state index in [2.05, 4.69) is 31.3 Å². The standard InChI is InChI=1S/C15H25NO2/c1-5-15(16-11(2)10-12(3)17)13-6-8-14(18-4)9-7-13/h6-9,11-12,15-17H,5,10H2,1-4H3. The van der Waals surface area contributed by atoms with Gasteiger partial charge in [0, 0.05) is 12.1 Å². The minimum atomic E-state index is -0.263. The van der Waals surface area contributed by atoms with Crippen molar-refractivity contribution in [3.05, 3.63) is 29.8 Å². The normalized spacial score (nSPS) is 16.1. The van der Waals surface area contributed by atoms with Gasteiger partial charge in [-0.2, -0.15) is 0 Å². The lowest BCUT2D eigenvalue weighted by Gasteiger charge is -2.23. The van der Waals surface area contributed by atoms with Crippen molar-refractivity contribution in [2.75, 3.05) is 7.11 Å². The maximum atomic E-state index is 9.39.